The molecule has 0 aromatic rings. The topological polar surface area (TPSA) is 23.9 Å². The lowest BCUT2D eigenvalue weighted by Crippen LogP contribution is -1.83. The van der Waals surface area contributed by atoms with Crippen molar-refractivity contribution < 1.29 is 0 Å². The van der Waals surface area contributed by atoms with Gasteiger partial charge in [0.1, 0.15) is 0 Å². The molecule has 1 nitrogen and oxygen atoms in total. The summed E-state index contributed by atoms with van der Waals surface area (Å²) in [5, 5.41) is 7.00. The van der Waals surface area contributed by atoms with E-state index < -0.39 is 0 Å². The highest BCUT2D eigenvalue weighted by molar-refractivity contribution is 5.75. The Balaban J connectivity index is 3.36. The van der Waals surface area contributed by atoms with Gasteiger partial charge >= 0.3 is 0 Å². The van der Waals surface area contributed by atoms with Gasteiger partial charge in [-0.1, -0.05) is 25.8 Å². The summed E-state index contributed by atoms with van der Waals surface area (Å²) in [7, 11) is 0. The number of unbranched alkanes of at least 4 members (excludes halogenated alkanes) is 2. The van der Waals surface area contributed by atoms with E-state index in [4.69, 9.17) is 5.41 Å². The van der Waals surface area contributed by atoms with Gasteiger partial charge in [0.05, 0.1) is 0 Å². The Morgan fingerprint density at radius 3 is 2.50 bits per heavy atom. The maximum atomic E-state index is 7.00. The summed E-state index contributed by atoms with van der Waals surface area (Å²) >= 11 is 0. The Morgan fingerprint density at radius 2 is 2.10 bits per heavy atom. The van der Waals surface area contributed by atoms with Gasteiger partial charge in [0, 0.05) is 6.21 Å². The smallest absolute Gasteiger partial charge is 0.0206 e. The average Bonchev–Trinajstić information content (AvgIpc) is 1.99. The van der Waals surface area contributed by atoms with Gasteiger partial charge in [-0.25, -0.2) is 0 Å². The van der Waals surface area contributed by atoms with Gasteiger partial charge in [-0.05, 0) is 25.3 Å². The number of hydrogen-bond donors (Lipinski definition) is 1. The van der Waals surface area contributed by atoms with Crippen molar-refractivity contribution in [3.05, 3.63) is 11.6 Å². The minimum Gasteiger partial charge on any atom is -0.308 e. The third kappa shape index (κ3) is 4.30. The van der Waals surface area contributed by atoms with Crippen molar-refractivity contribution in [3.8, 4) is 0 Å². The predicted octanol–water partition coefficient (Wildman–Crippen LogP) is 3.16. The Kier molecular flexibility index (Phi) is 6.14. The number of nitrogens with one attached hydrogen (secondary N) is 1. The Labute approximate surface area is 63.7 Å². The first-order valence-electron chi connectivity index (χ1n) is 4.00. The Hall–Kier alpha value is -0.590. The van der Waals surface area contributed by atoms with E-state index in [0.29, 0.717) is 0 Å². The molecular weight excluding hydrogens is 122 g/mol. The van der Waals surface area contributed by atoms with Gasteiger partial charge in [0.25, 0.3) is 0 Å². The minimum atomic E-state index is 1.08. The molecule has 0 amide bonds. The lowest BCUT2D eigenvalue weighted by molar-refractivity contribution is 0.722. The summed E-state index contributed by atoms with van der Waals surface area (Å²) in [5.41, 5.74) is 1.16. The van der Waals surface area contributed by atoms with Crippen LogP contribution in [-0.2, 0) is 0 Å². The Bertz CT molecular complexity index is 114. The molecule has 0 aromatic carbocycles. The number of allylic oxidation sites excluding steroid dienone is 2. The lowest BCUT2D eigenvalue weighted by Gasteiger charge is -1.97. The van der Waals surface area contributed by atoms with E-state index >= 15 is 0 Å². The van der Waals surface area contributed by atoms with Crippen LogP contribution in [0, 0.1) is 5.41 Å². The van der Waals surface area contributed by atoms with Crippen molar-refractivity contribution in [2.45, 2.75) is 39.5 Å². The van der Waals surface area contributed by atoms with Crippen LogP contribution in [0.15, 0.2) is 11.6 Å². The van der Waals surface area contributed by atoms with Crippen LogP contribution in [0.25, 0.3) is 0 Å². The quantitative estimate of drug-likeness (QED) is 0.447. The molecular formula is C9H17N. The van der Waals surface area contributed by atoms with Crippen LogP contribution < -0.4 is 0 Å². The fourth-order valence-electron chi connectivity index (χ4n) is 0.879. The first kappa shape index (κ1) is 9.41. The zero-order chi connectivity index (χ0) is 7.82. The van der Waals surface area contributed by atoms with Gasteiger partial charge in [0.2, 0.25) is 0 Å². The number of hydrogen-bond acceptors (Lipinski definition) is 1. The van der Waals surface area contributed by atoms with Gasteiger partial charge in [-0.2, -0.15) is 0 Å². The molecule has 0 spiro atoms. The fourth-order valence-corrected chi connectivity index (χ4v) is 0.879. The van der Waals surface area contributed by atoms with Crippen molar-refractivity contribution >= 4 is 6.21 Å². The van der Waals surface area contributed by atoms with E-state index in [1.165, 1.54) is 25.5 Å². The highest BCUT2D eigenvalue weighted by atomic mass is 14.3. The van der Waals surface area contributed by atoms with Gasteiger partial charge in [-0.3, -0.25) is 0 Å². The summed E-state index contributed by atoms with van der Waals surface area (Å²) in [6.07, 6.45) is 8.32. The van der Waals surface area contributed by atoms with E-state index in [9.17, 15) is 0 Å². The molecule has 0 aliphatic rings. The maximum absolute atomic E-state index is 7.00. The highest BCUT2D eigenvalue weighted by Gasteiger charge is 1.89. The van der Waals surface area contributed by atoms with Crippen LogP contribution in [0.5, 0.6) is 0 Å². The molecule has 0 rings (SSSR count). The molecule has 0 radical (unpaired) electrons. The monoisotopic (exact) mass is 139 g/mol. The lowest BCUT2D eigenvalue weighted by atomic mass is 10.1. The second-order valence-electron chi connectivity index (χ2n) is 2.47. The minimum absolute atomic E-state index is 1.08. The number of rotatable bonds is 5. The first-order valence-corrected chi connectivity index (χ1v) is 4.00. The van der Waals surface area contributed by atoms with Crippen molar-refractivity contribution in [2.75, 3.05) is 0 Å². The van der Waals surface area contributed by atoms with Crippen molar-refractivity contribution in [1.82, 2.24) is 0 Å². The molecule has 0 saturated carbocycles. The molecule has 0 aliphatic carbocycles. The van der Waals surface area contributed by atoms with Crippen LogP contribution in [0.4, 0.5) is 0 Å². The molecule has 1 N–H and O–H groups in total. The first-order chi connectivity index (χ1) is 4.85. The summed E-state index contributed by atoms with van der Waals surface area (Å²) in [4.78, 5) is 0. The molecule has 0 fully saturated rings. The summed E-state index contributed by atoms with van der Waals surface area (Å²) in [6, 6.07) is 0. The largest absolute Gasteiger partial charge is 0.308 e. The van der Waals surface area contributed by atoms with Crippen LogP contribution in [0.3, 0.4) is 0 Å². The molecule has 10 heavy (non-hydrogen) atoms. The maximum Gasteiger partial charge on any atom is 0.0206 e. The highest BCUT2D eigenvalue weighted by Crippen LogP contribution is 2.05. The molecule has 1 heteroatoms. The summed E-state index contributed by atoms with van der Waals surface area (Å²) in [6.45, 7) is 4.19. The van der Waals surface area contributed by atoms with E-state index in [-0.39, 0.29) is 0 Å². The molecule has 0 heterocycles. The van der Waals surface area contributed by atoms with Crippen LogP contribution in [0.2, 0.25) is 0 Å². The van der Waals surface area contributed by atoms with Crippen LogP contribution in [0.1, 0.15) is 39.5 Å². The fraction of sp³-hybridized carbons (Fsp3) is 0.667. The molecule has 0 bridgehead atoms. The van der Waals surface area contributed by atoms with E-state index in [0.717, 1.165) is 12.0 Å². The van der Waals surface area contributed by atoms with Gasteiger partial charge in [0.15, 0.2) is 0 Å². The molecule has 0 saturated heterocycles. The summed E-state index contributed by atoms with van der Waals surface area (Å²) in [5.74, 6) is 0. The van der Waals surface area contributed by atoms with Crippen molar-refractivity contribution in [2.24, 2.45) is 0 Å². The third-order valence-electron chi connectivity index (χ3n) is 1.63. The zero-order valence-electron chi connectivity index (χ0n) is 6.98. The third-order valence-corrected chi connectivity index (χ3v) is 1.63. The van der Waals surface area contributed by atoms with Gasteiger partial charge in [-0.15, -0.1) is 0 Å². The van der Waals surface area contributed by atoms with Crippen molar-refractivity contribution in [1.29, 1.82) is 5.41 Å². The average molecular weight is 139 g/mol. The predicted molar refractivity (Wildman–Crippen MR) is 46.7 cm³/mol. The SMILES string of the molecule is C/C=C(\C=N)CCCCC. The second kappa shape index (κ2) is 6.53. The van der Waals surface area contributed by atoms with Crippen molar-refractivity contribution in [3.63, 3.8) is 0 Å². The van der Waals surface area contributed by atoms with E-state index in [1.807, 2.05) is 13.0 Å². The molecule has 0 aromatic heterocycles. The van der Waals surface area contributed by atoms with E-state index in [1.54, 1.807) is 0 Å². The van der Waals surface area contributed by atoms with Crippen LogP contribution in [-0.4, -0.2) is 6.21 Å². The van der Waals surface area contributed by atoms with Gasteiger partial charge < -0.3 is 5.41 Å². The normalized spacial score (nSPS) is 11.6. The van der Waals surface area contributed by atoms with Crippen LogP contribution >= 0.6 is 0 Å². The zero-order valence-corrected chi connectivity index (χ0v) is 6.98. The molecule has 0 unspecified atom stereocenters. The Morgan fingerprint density at radius 1 is 1.40 bits per heavy atom. The molecule has 0 aliphatic heterocycles. The molecule has 0 atom stereocenters. The summed E-state index contributed by atoms with van der Waals surface area (Å²) < 4.78 is 0. The second-order valence-corrected chi connectivity index (χ2v) is 2.47. The van der Waals surface area contributed by atoms with E-state index in [2.05, 4.69) is 6.92 Å². The molecule has 58 valence electrons. The standard InChI is InChI=1S/C9H17N/c1-3-5-6-7-9(4-2)8-10/h4,8,10H,3,5-7H2,1-2H3/b9-4-,10-8?.